The highest BCUT2D eigenvalue weighted by Crippen LogP contribution is 2.27. The molecular weight excluding hydrogens is 372 g/mol. The van der Waals surface area contributed by atoms with Crippen LogP contribution >= 0.6 is 11.8 Å². The molecule has 0 radical (unpaired) electrons. The predicted molar refractivity (Wildman–Crippen MR) is 111 cm³/mol. The molecule has 1 aromatic heterocycles. The van der Waals surface area contributed by atoms with E-state index in [4.69, 9.17) is 0 Å². The second kappa shape index (κ2) is 8.31. The monoisotopic (exact) mass is 392 g/mol. The first-order valence-electron chi connectivity index (χ1n) is 9.08. The van der Waals surface area contributed by atoms with E-state index in [9.17, 15) is 9.59 Å². The van der Waals surface area contributed by atoms with Gasteiger partial charge < -0.3 is 15.2 Å². The first kappa shape index (κ1) is 18.3. The van der Waals surface area contributed by atoms with Gasteiger partial charge in [-0.25, -0.2) is 4.98 Å². The van der Waals surface area contributed by atoms with E-state index in [1.165, 1.54) is 11.8 Å². The second-order valence-corrected chi connectivity index (χ2v) is 7.32. The molecule has 2 N–H and O–H groups in total. The molecule has 0 saturated carbocycles. The van der Waals surface area contributed by atoms with Crippen LogP contribution in [0.5, 0.6) is 0 Å². The quantitative estimate of drug-likeness (QED) is 0.676. The van der Waals surface area contributed by atoms with Crippen molar-refractivity contribution in [1.82, 2.24) is 20.2 Å². The maximum atomic E-state index is 12.4. The van der Waals surface area contributed by atoms with Gasteiger partial charge in [-0.2, -0.15) is 0 Å². The lowest BCUT2D eigenvalue weighted by molar-refractivity contribution is -0.131. The molecule has 2 amide bonds. The standard InChI is InChI=1S/C21H20N4O2S/c26-20(22-11-10-19-23-16-8-4-5-9-17(16)24-19)12-25-18(13-28-14-21(25)27)15-6-2-1-3-7-15/h1-9,13H,10-12,14H2,(H,22,26)(H,23,24). The minimum absolute atomic E-state index is 0.0141. The lowest BCUT2D eigenvalue weighted by Crippen LogP contribution is -2.42. The maximum Gasteiger partial charge on any atom is 0.240 e. The fourth-order valence-electron chi connectivity index (χ4n) is 3.12. The molecular formula is C21H20N4O2S. The Labute approximate surface area is 167 Å². The highest BCUT2D eigenvalue weighted by atomic mass is 32.2. The summed E-state index contributed by atoms with van der Waals surface area (Å²) in [5.74, 6) is 0.941. The molecule has 4 rings (SSSR count). The predicted octanol–water partition coefficient (Wildman–Crippen LogP) is 2.80. The van der Waals surface area contributed by atoms with Crippen molar-refractivity contribution in [3.05, 3.63) is 71.4 Å². The fraction of sp³-hybridized carbons (Fsp3) is 0.190. The first-order valence-corrected chi connectivity index (χ1v) is 10.1. The molecule has 142 valence electrons. The Morgan fingerprint density at radius 3 is 2.75 bits per heavy atom. The highest BCUT2D eigenvalue weighted by molar-refractivity contribution is 8.03. The number of rotatable bonds is 6. The normalized spacial score (nSPS) is 14.2. The molecule has 0 bridgehead atoms. The number of nitrogens with zero attached hydrogens (tertiary/aromatic N) is 2. The summed E-state index contributed by atoms with van der Waals surface area (Å²) in [5, 5.41) is 4.83. The Morgan fingerprint density at radius 2 is 1.93 bits per heavy atom. The van der Waals surface area contributed by atoms with Gasteiger partial charge in [0, 0.05) is 13.0 Å². The van der Waals surface area contributed by atoms with Crippen LogP contribution in [0.15, 0.2) is 60.0 Å². The van der Waals surface area contributed by atoms with E-state index in [1.54, 1.807) is 4.90 Å². The molecule has 1 aliphatic heterocycles. The number of hydrogen-bond donors (Lipinski definition) is 2. The molecule has 0 fully saturated rings. The SMILES string of the molecule is O=C(CN1C(=O)CSC=C1c1ccccc1)NCCc1nc2ccccc2[nH]1. The van der Waals surface area contributed by atoms with Crippen molar-refractivity contribution in [2.75, 3.05) is 18.8 Å². The summed E-state index contributed by atoms with van der Waals surface area (Å²) in [7, 11) is 0. The number of H-pyrrole nitrogens is 1. The Morgan fingerprint density at radius 1 is 1.14 bits per heavy atom. The smallest absolute Gasteiger partial charge is 0.240 e. The van der Waals surface area contributed by atoms with Crippen molar-refractivity contribution >= 4 is 40.3 Å². The van der Waals surface area contributed by atoms with Crippen LogP contribution in [0.3, 0.4) is 0 Å². The Balaban J connectivity index is 1.36. The highest BCUT2D eigenvalue weighted by Gasteiger charge is 2.25. The van der Waals surface area contributed by atoms with Gasteiger partial charge in [-0.3, -0.25) is 9.59 Å². The van der Waals surface area contributed by atoms with Gasteiger partial charge in [0.25, 0.3) is 0 Å². The van der Waals surface area contributed by atoms with Crippen LogP contribution in [-0.4, -0.2) is 45.5 Å². The van der Waals surface area contributed by atoms with E-state index in [0.29, 0.717) is 18.7 Å². The zero-order chi connectivity index (χ0) is 19.3. The summed E-state index contributed by atoms with van der Waals surface area (Å²) in [5.41, 5.74) is 3.60. The Kier molecular flexibility index (Phi) is 5.43. The molecule has 6 nitrogen and oxygen atoms in total. The molecule has 0 atom stereocenters. The third kappa shape index (κ3) is 4.09. The van der Waals surface area contributed by atoms with Gasteiger partial charge in [0.1, 0.15) is 12.4 Å². The minimum atomic E-state index is -0.182. The molecule has 3 aromatic rings. The van der Waals surface area contributed by atoms with Crippen LogP contribution < -0.4 is 5.32 Å². The second-order valence-electron chi connectivity index (χ2n) is 6.46. The summed E-state index contributed by atoms with van der Waals surface area (Å²) < 4.78 is 0. The Bertz CT molecular complexity index is 996. The lowest BCUT2D eigenvalue weighted by atomic mass is 10.1. The number of carbonyl (C=O) groups is 2. The molecule has 2 heterocycles. The van der Waals surface area contributed by atoms with Crippen LogP contribution in [0.25, 0.3) is 16.7 Å². The van der Waals surface area contributed by atoms with Crippen LogP contribution in [-0.2, 0) is 16.0 Å². The average molecular weight is 392 g/mol. The van der Waals surface area contributed by atoms with E-state index in [0.717, 1.165) is 28.1 Å². The van der Waals surface area contributed by atoms with Gasteiger partial charge >= 0.3 is 0 Å². The third-order valence-electron chi connectivity index (χ3n) is 4.49. The van der Waals surface area contributed by atoms with Crippen molar-refractivity contribution in [2.24, 2.45) is 0 Å². The zero-order valence-electron chi connectivity index (χ0n) is 15.2. The number of nitrogens with one attached hydrogen (secondary N) is 2. The van der Waals surface area contributed by atoms with E-state index < -0.39 is 0 Å². The van der Waals surface area contributed by atoms with Crippen LogP contribution in [0.4, 0.5) is 0 Å². The topological polar surface area (TPSA) is 78.1 Å². The third-order valence-corrected chi connectivity index (χ3v) is 5.29. The minimum Gasteiger partial charge on any atom is -0.354 e. The van der Waals surface area contributed by atoms with Crippen LogP contribution in [0, 0.1) is 0 Å². The van der Waals surface area contributed by atoms with E-state index >= 15 is 0 Å². The van der Waals surface area contributed by atoms with Gasteiger partial charge in [0.2, 0.25) is 11.8 Å². The Hall–Kier alpha value is -3.06. The number of carbonyl (C=O) groups excluding carboxylic acids is 2. The van der Waals surface area contributed by atoms with Crippen molar-refractivity contribution < 1.29 is 9.59 Å². The number of aromatic amines is 1. The first-order chi connectivity index (χ1) is 13.7. The van der Waals surface area contributed by atoms with Gasteiger partial charge in [-0.15, -0.1) is 11.8 Å². The molecule has 2 aromatic carbocycles. The van der Waals surface area contributed by atoms with Crippen molar-refractivity contribution in [3.63, 3.8) is 0 Å². The molecule has 1 aliphatic rings. The molecule has 28 heavy (non-hydrogen) atoms. The van der Waals surface area contributed by atoms with Crippen LogP contribution in [0.1, 0.15) is 11.4 Å². The lowest BCUT2D eigenvalue weighted by Gasteiger charge is -2.28. The van der Waals surface area contributed by atoms with E-state index in [-0.39, 0.29) is 18.4 Å². The molecule has 0 saturated heterocycles. The summed E-state index contributed by atoms with van der Waals surface area (Å²) in [6, 6.07) is 17.5. The number of fused-ring (bicyclic) bond motifs is 1. The molecule has 0 spiro atoms. The van der Waals surface area contributed by atoms with E-state index in [1.807, 2.05) is 60.0 Å². The van der Waals surface area contributed by atoms with Gasteiger partial charge in [-0.1, -0.05) is 42.5 Å². The summed E-state index contributed by atoms with van der Waals surface area (Å²) >= 11 is 1.46. The average Bonchev–Trinajstić information content (AvgIpc) is 3.13. The summed E-state index contributed by atoms with van der Waals surface area (Å²) in [6.45, 7) is 0.472. The number of hydrogen-bond acceptors (Lipinski definition) is 4. The molecule has 0 unspecified atom stereocenters. The summed E-state index contributed by atoms with van der Waals surface area (Å²) in [6.07, 6.45) is 0.603. The number of para-hydroxylation sites is 2. The number of amides is 2. The fourth-order valence-corrected chi connectivity index (χ4v) is 3.92. The van der Waals surface area contributed by atoms with Crippen molar-refractivity contribution in [2.45, 2.75) is 6.42 Å². The van der Waals surface area contributed by atoms with Gasteiger partial charge in [0.15, 0.2) is 0 Å². The number of thioether (sulfide) groups is 1. The van der Waals surface area contributed by atoms with Crippen molar-refractivity contribution in [3.8, 4) is 0 Å². The number of benzene rings is 2. The van der Waals surface area contributed by atoms with Gasteiger partial charge in [0.05, 0.1) is 22.5 Å². The largest absolute Gasteiger partial charge is 0.354 e. The number of imidazole rings is 1. The summed E-state index contributed by atoms with van der Waals surface area (Å²) in [4.78, 5) is 34.1. The van der Waals surface area contributed by atoms with E-state index in [2.05, 4.69) is 15.3 Å². The molecule has 7 heteroatoms. The zero-order valence-corrected chi connectivity index (χ0v) is 16.0. The maximum absolute atomic E-state index is 12.4. The van der Waals surface area contributed by atoms with Crippen LogP contribution in [0.2, 0.25) is 0 Å². The van der Waals surface area contributed by atoms with Gasteiger partial charge in [-0.05, 0) is 23.1 Å². The van der Waals surface area contributed by atoms with Crippen molar-refractivity contribution in [1.29, 1.82) is 0 Å². The molecule has 0 aliphatic carbocycles. The number of aromatic nitrogens is 2.